The van der Waals surface area contributed by atoms with Crippen LogP contribution < -0.4 is 11.2 Å². The number of rotatable bonds is 1. The summed E-state index contributed by atoms with van der Waals surface area (Å²) in [5, 5.41) is 9.60. The van der Waals surface area contributed by atoms with Crippen LogP contribution in [0.4, 0.5) is 0 Å². The lowest BCUT2D eigenvalue weighted by molar-refractivity contribution is -0.0102. The largest absolute Gasteiger partial charge is 0.390 e. The first-order valence-corrected chi connectivity index (χ1v) is 4.97. The lowest BCUT2D eigenvalue weighted by Gasteiger charge is -2.13. The Kier molecular flexibility index (Phi) is 2.37. The van der Waals surface area contributed by atoms with Gasteiger partial charge in [-0.15, -0.1) is 0 Å². The van der Waals surface area contributed by atoms with Crippen molar-refractivity contribution in [1.82, 2.24) is 9.55 Å². The van der Waals surface area contributed by atoms with Gasteiger partial charge in [-0.2, -0.15) is 0 Å². The maximum atomic E-state index is 11.6. The van der Waals surface area contributed by atoms with Crippen LogP contribution >= 0.6 is 0 Å². The van der Waals surface area contributed by atoms with Crippen LogP contribution in [0.5, 0.6) is 0 Å². The van der Waals surface area contributed by atoms with Crippen LogP contribution in [0.25, 0.3) is 0 Å². The minimum Gasteiger partial charge on any atom is -0.390 e. The lowest BCUT2D eigenvalue weighted by atomic mass is 10.2. The SMILES string of the molecule is [3H]CC1OC(n2cc(C)c(=O)[nH]c2=O)CC1O. The van der Waals surface area contributed by atoms with E-state index in [9.17, 15) is 14.7 Å². The molecule has 6 heteroatoms. The van der Waals surface area contributed by atoms with Crippen LogP contribution in [0.3, 0.4) is 0 Å². The Labute approximate surface area is 92.9 Å². The van der Waals surface area contributed by atoms with Crippen molar-refractivity contribution < 1.29 is 11.2 Å². The monoisotopic (exact) mass is 228 g/mol. The topological polar surface area (TPSA) is 84.3 Å². The fourth-order valence-electron chi connectivity index (χ4n) is 1.69. The molecule has 1 aliphatic heterocycles. The first-order valence-electron chi connectivity index (χ1n) is 5.68. The standard InChI is InChI=1S/C10H14N2O4/c1-5-4-12(10(15)11-9(5)14)8-3-7(13)6(2)16-8/h4,6-8,13H,3H2,1-2H3,(H,11,14,15)/i2T. The third-order valence-electron chi connectivity index (χ3n) is 2.66. The predicted octanol–water partition coefficient (Wildman–Crippen LogP) is -0.487. The molecule has 1 aromatic heterocycles. The van der Waals surface area contributed by atoms with Crippen LogP contribution in [0, 0.1) is 6.92 Å². The van der Waals surface area contributed by atoms with Crippen LogP contribution in [0.1, 0.15) is 26.5 Å². The maximum Gasteiger partial charge on any atom is 0.330 e. The number of aromatic amines is 1. The van der Waals surface area contributed by atoms with Gasteiger partial charge in [0.1, 0.15) is 6.23 Å². The van der Waals surface area contributed by atoms with Gasteiger partial charge in [0.05, 0.1) is 12.2 Å². The summed E-state index contributed by atoms with van der Waals surface area (Å²) < 4.78 is 13.8. The van der Waals surface area contributed by atoms with Crippen LogP contribution in [0.2, 0.25) is 0 Å². The smallest absolute Gasteiger partial charge is 0.330 e. The molecule has 2 N–H and O–H groups in total. The van der Waals surface area contributed by atoms with Crippen molar-refractivity contribution in [2.75, 3.05) is 0 Å². The molecule has 3 atom stereocenters. The minimum atomic E-state index is -0.753. The molecule has 0 spiro atoms. The zero-order valence-corrected chi connectivity index (χ0v) is 8.84. The van der Waals surface area contributed by atoms with E-state index in [1.807, 2.05) is 0 Å². The average molecular weight is 228 g/mol. The molecular weight excluding hydrogens is 212 g/mol. The van der Waals surface area contributed by atoms with Gasteiger partial charge in [-0.1, -0.05) is 0 Å². The molecule has 6 nitrogen and oxygen atoms in total. The van der Waals surface area contributed by atoms with Crippen LogP contribution in [-0.2, 0) is 4.74 Å². The van der Waals surface area contributed by atoms with Crippen LogP contribution in [-0.4, -0.2) is 26.9 Å². The molecule has 88 valence electrons. The summed E-state index contributed by atoms with van der Waals surface area (Å²) in [6.45, 7) is 1.52. The number of nitrogens with zero attached hydrogens (tertiary/aromatic N) is 1. The van der Waals surface area contributed by atoms with Crippen LogP contribution in [0.15, 0.2) is 15.8 Å². The molecule has 1 fully saturated rings. The van der Waals surface area contributed by atoms with E-state index < -0.39 is 29.7 Å². The first-order chi connectivity index (χ1) is 8.02. The van der Waals surface area contributed by atoms with Crippen molar-refractivity contribution in [2.24, 2.45) is 0 Å². The van der Waals surface area contributed by atoms with Gasteiger partial charge in [0, 0.05) is 19.6 Å². The Morgan fingerprint density at radius 3 is 3.06 bits per heavy atom. The molecule has 1 aromatic rings. The van der Waals surface area contributed by atoms with Gasteiger partial charge in [-0.3, -0.25) is 14.3 Å². The summed E-state index contributed by atoms with van der Waals surface area (Å²) in [5.41, 5.74) is -0.595. The van der Waals surface area contributed by atoms with E-state index in [1.165, 1.54) is 10.8 Å². The van der Waals surface area contributed by atoms with E-state index in [0.717, 1.165) is 0 Å². The summed E-state index contributed by atoms with van der Waals surface area (Å²) in [6.07, 6.45) is -0.307. The van der Waals surface area contributed by atoms with E-state index in [1.54, 1.807) is 6.92 Å². The van der Waals surface area contributed by atoms with Crippen molar-refractivity contribution >= 4 is 0 Å². The van der Waals surface area contributed by atoms with E-state index in [-0.39, 0.29) is 13.3 Å². The zero-order chi connectivity index (χ0) is 12.6. The third-order valence-corrected chi connectivity index (χ3v) is 2.66. The molecule has 3 unspecified atom stereocenters. The highest BCUT2D eigenvalue weighted by atomic mass is 16.5. The summed E-state index contributed by atoms with van der Waals surface area (Å²) in [7, 11) is 0. The highest BCUT2D eigenvalue weighted by molar-refractivity contribution is 5.01. The van der Waals surface area contributed by atoms with Crippen molar-refractivity contribution in [1.29, 1.82) is 0 Å². The van der Waals surface area contributed by atoms with E-state index in [0.29, 0.717) is 5.56 Å². The predicted molar refractivity (Wildman–Crippen MR) is 56.3 cm³/mol. The molecule has 0 amide bonds. The van der Waals surface area contributed by atoms with Crippen molar-refractivity contribution in [3.8, 4) is 0 Å². The number of aliphatic hydroxyl groups excluding tert-OH is 1. The minimum absolute atomic E-state index is 0.0608. The molecule has 0 bridgehead atoms. The van der Waals surface area contributed by atoms with Gasteiger partial charge in [-0.05, 0) is 13.8 Å². The Balaban J connectivity index is 2.34. The number of H-pyrrole nitrogens is 1. The van der Waals surface area contributed by atoms with Gasteiger partial charge < -0.3 is 9.84 Å². The van der Waals surface area contributed by atoms with Gasteiger partial charge in [-0.25, -0.2) is 4.79 Å². The summed E-state index contributed by atoms with van der Waals surface area (Å²) in [4.78, 5) is 25.0. The molecule has 0 saturated carbocycles. The second-order valence-electron chi connectivity index (χ2n) is 3.91. The molecular formula is C10H14N2O4. The third kappa shape index (κ3) is 1.81. The zero-order valence-electron chi connectivity index (χ0n) is 9.84. The average Bonchev–Trinajstić information content (AvgIpc) is 2.65. The quantitative estimate of drug-likeness (QED) is 0.679. The number of aryl methyl sites for hydroxylation is 1. The fraction of sp³-hybridized carbons (Fsp3) is 0.600. The Bertz CT molecular complexity index is 524. The van der Waals surface area contributed by atoms with Gasteiger partial charge >= 0.3 is 5.69 Å². The molecule has 0 aromatic carbocycles. The number of nitrogens with one attached hydrogen (secondary N) is 1. The molecule has 2 rings (SSSR count). The first kappa shape index (κ1) is 9.80. The number of hydrogen-bond donors (Lipinski definition) is 2. The lowest BCUT2D eigenvalue weighted by Crippen LogP contribution is -2.33. The maximum absolute atomic E-state index is 11.6. The van der Waals surface area contributed by atoms with E-state index >= 15 is 0 Å². The van der Waals surface area contributed by atoms with Gasteiger partial charge in [0.2, 0.25) is 0 Å². The second-order valence-corrected chi connectivity index (χ2v) is 3.91. The summed E-state index contributed by atoms with van der Waals surface area (Å²) in [5.74, 6) is 0. The highest BCUT2D eigenvalue weighted by Gasteiger charge is 2.32. The highest BCUT2D eigenvalue weighted by Crippen LogP contribution is 2.26. The molecule has 16 heavy (non-hydrogen) atoms. The second kappa shape index (κ2) is 3.88. The Morgan fingerprint density at radius 2 is 2.44 bits per heavy atom. The molecule has 1 aliphatic rings. The van der Waals surface area contributed by atoms with Crippen molar-refractivity contribution in [3.63, 3.8) is 0 Å². The Morgan fingerprint density at radius 1 is 1.69 bits per heavy atom. The molecule has 2 heterocycles. The van der Waals surface area contributed by atoms with Crippen molar-refractivity contribution in [3.05, 3.63) is 32.6 Å². The summed E-state index contributed by atoms with van der Waals surface area (Å²) in [6, 6.07) is 0. The van der Waals surface area contributed by atoms with Crippen molar-refractivity contribution in [2.45, 2.75) is 38.7 Å². The summed E-state index contributed by atoms with van der Waals surface area (Å²) >= 11 is 0. The number of aromatic nitrogens is 2. The number of ether oxygens (including phenoxy) is 1. The van der Waals surface area contributed by atoms with E-state index in [4.69, 9.17) is 6.11 Å². The molecule has 0 radical (unpaired) electrons. The number of aliphatic hydroxyl groups is 1. The van der Waals surface area contributed by atoms with Gasteiger partial charge in [0.25, 0.3) is 5.56 Å². The Hall–Kier alpha value is -1.40. The molecule has 1 saturated heterocycles. The van der Waals surface area contributed by atoms with Gasteiger partial charge in [0.15, 0.2) is 0 Å². The number of hydrogen-bond acceptors (Lipinski definition) is 4. The molecule has 0 aliphatic carbocycles. The normalized spacial score (nSPS) is 30.4. The fourth-order valence-corrected chi connectivity index (χ4v) is 1.69. The van der Waals surface area contributed by atoms with E-state index in [2.05, 4.69) is 4.98 Å².